The second-order valence-electron chi connectivity index (χ2n) is 4.57. The molecule has 1 rings (SSSR count). The van der Waals surface area contributed by atoms with Crippen molar-refractivity contribution in [2.45, 2.75) is 31.7 Å². The van der Waals surface area contributed by atoms with Crippen molar-refractivity contribution in [3.8, 4) is 0 Å². The van der Waals surface area contributed by atoms with Gasteiger partial charge in [0.05, 0.1) is 6.10 Å². The molecule has 1 fully saturated rings. The molecule has 4 heteroatoms. The molecule has 0 amide bonds. The third kappa shape index (κ3) is 2.98. The van der Waals surface area contributed by atoms with Gasteiger partial charge in [0.25, 0.3) is 0 Å². The first kappa shape index (κ1) is 13.5. The average molecular weight is 247 g/mol. The van der Waals surface area contributed by atoms with Gasteiger partial charge in [0, 0.05) is 24.5 Å². The van der Waals surface area contributed by atoms with Gasteiger partial charge in [-0.3, -0.25) is 0 Å². The van der Waals surface area contributed by atoms with Crippen molar-refractivity contribution in [1.29, 1.82) is 0 Å². The molecule has 0 bridgehead atoms. The van der Waals surface area contributed by atoms with E-state index in [9.17, 15) is 4.79 Å². The van der Waals surface area contributed by atoms with Crippen molar-refractivity contribution < 1.29 is 14.6 Å². The number of carboxylic acids is 1. The van der Waals surface area contributed by atoms with Gasteiger partial charge in [-0.15, -0.1) is 11.6 Å². The van der Waals surface area contributed by atoms with Gasteiger partial charge >= 0.3 is 5.97 Å². The van der Waals surface area contributed by atoms with Crippen molar-refractivity contribution in [1.82, 2.24) is 0 Å². The lowest BCUT2D eigenvalue weighted by Crippen LogP contribution is -2.41. The van der Waals surface area contributed by atoms with E-state index in [4.69, 9.17) is 21.4 Å². The molecule has 16 heavy (non-hydrogen) atoms. The Balaban J connectivity index is 2.81. The molecule has 3 nitrogen and oxygen atoms in total. The van der Waals surface area contributed by atoms with Gasteiger partial charge in [-0.05, 0) is 18.3 Å². The molecule has 0 aliphatic heterocycles. The Labute approximate surface area is 101 Å². The van der Waals surface area contributed by atoms with E-state index in [0.29, 0.717) is 5.92 Å². The zero-order valence-electron chi connectivity index (χ0n) is 9.89. The lowest BCUT2D eigenvalue weighted by Gasteiger charge is -2.40. The van der Waals surface area contributed by atoms with E-state index >= 15 is 0 Å². The molecule has 0 saturated heterocycles. The molecule has 0 aromatic rings. The van der Waals surface area contributed by atoms with Gasteiger partial charge in [-0.25, -0.2) is 4.79 Å². The number of rotatable bonds is 3. The maximum atomic E-state index is 10.5. The van der Waals surface area contributed by atoms with E-state index in [1.807, 2.05) is 0 Å². The third-order valence-corrected chi connectivity index (χ3v) is 4.28. The smallest absolute Gasteiger partial charge is 0.327 e. The summed E-state index contributed by atoms with van der Waals surface area (Å²) in [6.07, 6.45) is 3.84. The van der Waals surface area contributed by atoms with Crippen LogP contribution in [0.2, 0.25) is 0 Å². The molecule has 0 aromatic heterocycles. The number of halogens is 1. The Morgan fingerprint density at radius 1 is 1.50 bits per heavy atom. The summed E-state index contributed by atoms with van der Waals surface area (Å²) >= 11 is 6.31. The summed E-state index contributed by atoms with van der Waals surface area (Å²) < 4.78 is 5.42. The van der Waals surface area contributed by atoms with Crippen LogP contribution in [0.1, 0.15) is 20.3 Å². The first-order chi connectivity index (χ1) is 7.47. The summed E-state index contributed by atoms with van der Waals surface area (Å²) in [5, 5.41) is 8.73. The summed E-state index contributed by atoms with van der Waals surface area (Å²) in [6.45, 7) is 4.16. The molecule has 0 aromatic carbocycles. The fourth-order valence-corrected chi connectivity index (χ4v) is 2.74. The number of alkyl halides is 1. The van der Waals surface area contributed by atoms with Crippen molar-refractivity contribution in [2.75, 3.05) is 7.11 Å². The van der Waals surface area contributed by atoms with E-state index in [-0.39, 0.29) is 23.3 Å². The fraction of sp³-hybridized carbons (Fsp3) is 0.750. The standard InChI is InChI=1S/C12H19ClO3/c1-7-6-10(16-3)9(4-5-11(14)15)8(2)12(7)13/h4-5,7-10,12H,6H2,1-3H3,(H,14,15). The summed E-state index contributed by atoms with van der Waals surface area (Å²) in [5.41, 5.74) is 0. The largest absolute Gasteiger partial charge is 0.478 e. The predicted octanol–water partition coefficient (Wildman–Crippen LogP) is 2.54. The molecule has 1 saturated carbocycles. The molecule has 0 heterocycles. The molecule has 92 valence electrons. The Hall–Kier alpha value is -0.540. The zero-order chi connectivity index (χ0) is 12.3. The van der Waals surface area contributed by atoms with Gasteiger partial charge in [-0.2, -0.15) is 0 Å². The number of carbonyl (C=O) groups is 1. The molecule has 0 spiro atoms. The second kappa shape index (κ2) is 5.69. The number of ether oxygens (including phenoxy) is 1. The van der Waals surface area contributed by atoms with Crippen molar-refractivity contribution in [2.24, 2.45) is 17.8 Å². The van der Waals surface area contributed by atoms with Crippen LogP contribution in [0.25, 0.3) is 0 Å². The molecule has 0 radical (unpaired) electrons. The van der Waals surface area contributed by atoms with E-state index < -0.39 is 5.97 Å². The highest BCUT2D eigenvalue weighted by atomic mass is 35.5. The van der Waals surface area contributed by atoms with Crippen LogP contribution in [0.15, 0.2) is 12.2 Å². The quantitative estimate of drug-likeness (QED) is 0.615. The maximum absolute atomic E-state index is 10.5. The van der Waals surface area contributed by atoms with Crippen molar-refractivity contribution in [3.05, 3.63) is 12.2 Å². The SMILES string of the molecule is COC1CC(C)C(Cl)C(C)C1C=CC(=O)O. The summed E-state index contributed by atoms with van der Waals surface area (Å²) in [5.74, 6) is -0.214. The lowest BCUT2D eigenvalue weighted by molar-refractivity contribution is -0.131. The van der Waals surface area contributed by atoms with E-state index in [1.165, 1.54) is 6.08 Å². The zero-order valence-corrected chi connectivity index (χ0v) is 10.6. The highest BCUT2D eigenvalue weighted by molar-refractivity contribution is 6.21. The number of methoxy groups -OCH3 is 1. The van der Waals surface area contributed by atoms with Gasteiger partial charge in [0.1, 0.15) is 0 Å². The highest BCUT2D eigenvalue weighted by Crippen LogP contribution is 2.39. The maximum Gasteiger partial charge on any atom is 0.327 e. The average Bonchev–Trinajstić information content (AvgIpc) is 2.23. The van der Waals surface area contributed by atoms with Crippen LogP contribution in [-0.2, 0) is 9.53 Å². The summed E-state index contributed by atoms with van der Waals surface area (Å²) in [7, 11) is 1.67. The first-order valence-electron chi connectivity index (χ1n) is 5.55. The molecule has 1 aliphatic carbocycles. The molecular formula is C12H19ClO3. The van der Waals surface area contributed by atoms with E-state index in [1.54, 1.807) is 13.2 Å². The van der Waals surface area contributed by atoms with Crippen LogP contribution in [0.3, 0.4) is 0 Å². The van der Waals surface area contributed by atoms with Crippen LogP contribution in [-0.4, -0.2) is 29.7 Å². The molecule has 5 atom stereocenters. The van der Waals surface area contributed by atoms with E-state index in [2.05, 4.69) is 13.8 Å². The molecule has 5 unspecified atom stereocenters. The van der Waals surface area contributed by atoms with Gasteiger partial charge < -0.3 is 9.84 Å². The predicted molar refractivity (Wildman–Crippen MR) is 63.6 cm³/mol. The van der Waals surface area contributed by atoms with Crippen LogP contribution in [0.4, 0.5) is 0 Å². The fourth-order valence-electron chi connectivity index (χ4n) is 2.47. The van der Waals surface area contributed by atoms with Crippen LogP contribution >= 0.6 is 11.6 Å². The lowest BCUT2D eigenvalue weighted by atomic mass is 9.73. The molecular weight excluding hydrogens is 228 g/mol. The minimum absolute atomic E-state index is 0.0654. The number of carboxylic acid groups (broad SMARTS) is 1. The Bertz CT molecular complexity index is 275. The number of hydrogen-bond acceptors (Lipinski definition) is 2. The van der Waals surface area contributed by atoms with Gasteiger partial charge in [-0.1, -0.05) is 19.9 Å². The second-order valence-corrected chi connectivity index (χ2v) is 5.07. The van der Waals surface area contributed by atoms with Crippen molar-refractivity contribution in [3.63, 3.8) is 0 Å². The van der Waals surface area contributed by atoms with Gasteiger partial charge in [0.15, 0.2) is 0 Å². The van der Waals surface area contributed by atoms with Crippen LogP contribution in [0.5, 0.6) is 0 Å². The first-order valence-corrected chi connectivity index (χ1v) is 5.99. The number of aliphatic carboxylic acids is 1. The van der Waals surface area contributed by atoms with Crippen molar-refractivity contribution >= 4 is 17.6 Å². The molecule has 1 N–H and O–H groups in total. The van der Waals surface area contributed by atoms with E-state index in [0.717, 1.165) is 6.42 Å². The Kier molecular flexibility index (Phi) is 4.81. The highest BCUT2D eigenvalue weighted by Gasteiger charge is 2.38. The monoisotopic (exact) mass is 246 g/mol. The normalized spacial score (nSPS) is 40.1. The molecule has 1 aliphatic rings. The minimum Gasteiger partial charge on any atom is -0.478 e. The topological polar surface area (TPSA) is 46.5 Å². The van der Waals surface area contributed by atoms with Crippen LogP contribution in [0, 0.1) is 17.8 Å². The Morgan fingerprint density at radius 3 is 2.62 bits per heavy atom. The Morgan fingerprint density at radius 2 is 2.12 bits per heavy atom. The van der Waals surface area contributed by atoms with Crippen LogP contribution < -0.4 is 0 Å². The summed E-state index contributed by atoms with van der Waals surface area (Å²) in [6, 6.07) is 0. The van der Waals surface area contributed by atoms with Gasteiger partial charge in [0.2, 0.25) is 0 Å². The minimum atomic E-state index is -0.924. The third-order valence-electron chi connectivity index (χ3n) is 3.45. The number of hydrogen-bond donors (Lipinski definition) is 1. The summed E-state index contributed by atoms with van der Waals surface area (Å²) in [4.78, 5) is 10.5.